The smallest absolute Gasteiger partial charge is 0.328 e. The molecule has 2 N–H and O–H groups in total. The summed E-state index contributed by atoms with van der Waals surface area (Å²) < 4.78 is 2.23. The Morgan fingerprint density at radius 1 is 1.39 bits per heavy atom. The number of aromatic nitrogens is 3. The second-order valence-electron chi connectivity index (χ2n) is 5.12. The summed E-state index contributed by atoms with van der Waals surface area (Å²) in [4.78, 5) is 27.6. The van der Waals surface area contributed by atoms with Crippen LogP contribution in [0.2, 0.25) is 0 Å². The van der Waals surface area contributed by atoms with Gasteiger partial charge in [0.1, 0.15) is 6.04 Å². The predicted octanol–water partition coefficient (Wildman–Crippen LogP) is 2.70. The third-order valence-corrected chi connectivity index (χ3v) is 4.40. The van der Waals surface area contributed by atoms with Crippen LogP contribution in [0.5, 0.6) is 0 Å². The molecule has 0 bridgehead atoms. The van der Waals surface area contributed by atoms with Crippen molar-refractivity contribution in [3.05, 3.63) is 41.7 Å². The van der Waals surface area contributed by atoms with E-state index < -0.39 is 12.0 Å². The highest BCUT2D eigenvalue weighted by molar-refractivity contribution is 7.22. The Kier molecular flexibility index (Phi) is 3.83. The van der Waals surface area contributed by atoms with Gasteiger partial charge < -0.3 is 5.11 Å². The fourth-order valence-electron chi connectivity index (χ4n) is 2.09. The number of anilines is 1. The van der Waals surface area contributed by atoms with E-state index in [0.29, 0.717) is 5.13 Å². The van der Waals surface area contributed by atoms with Crippen LogP contribution < -0.4 is 5.32 Å². The molecule has 1 atom stereocenters. The molecule has 2 aromatic heterocycles. The standard InChI is InChI=1S/C15H14N4O3S/c1-8-4-3-5-11-12(8)17-15(23-11)18-13(20)10-6-16-19(7-10)9(2)14(21)22/h3-7,9H,1-2H3,(H,21,22)(H,17,18,20). The number of hydrogen-bond donors (Lipinski definition) is 2. The minimum absolute atomic E-state index is 0.286. The van der Waals surface area contributed by atoms with Gasteiger partial charge in [0.05, 0.1) is 22.0 Å². The van der Waals surface area contributed by atoms with Crippen molar-refractivity contribution in [1.82, 2.24) is 14.8 Å². The first-order chi connectivity index (χ1) is 11.0. The molecular weight excluding hydrogens is 316 g/mol. The van der Waals surface area contributed by atoms with Crippen molar-refractivity contribution in [3.8, 4) is 0 Å². The number of carboxylic acid groups (broad SMARTS) is 1. The number of para-hydroxylation sites is 1. The van der Waals surface area contributed by atoms with Gasteiger partial charge in [-0.3, -0.25) is 14.8 Å². The van der Waals surface area contributed by atoms with Crippen molar-refractivity contribution < 1.29 is 14.7 Å². The number of amides is 1. The molecule has 8 heteroatoms. The molecule has 0 aliphatic heterocycles. The van der Waals surface area contributed by atoms with E-state index in [1.807, 2.05) is 25.1 Å². The summed E-state index contributed by atoms with van der Waals surface area (Å²) >= 11 is 1.39. The number of nitrogens with one attached hydrogen (secondary N) is 1. The number of aliphatic carboxylic acids is 1. The van der Waals surface area contributed by atoms with Crippen molar-refractivity contribution in [3.63, 3.8) is 0 Å². The van der Waals surface area contributed by atoms with Crippen LogP contribution in [0.1, 0.15) is 28.9 Å². The third kappa shape index (κ3) is 2.93. The zero-order chi connectivity index (χ0) is 16.6. The maximum absolute atomic E-state index is 12.2. The van der Waals surface area contributed by atoms with Crippen LogP contribution in [0.4, 0.5) is 5.13 Å². The first-order valence-corrected chi connectivity index (χ1v) is 7.72. The molecule has 0 aliphatic carbocycles. The van der Waals surface area contributed by atoms with Gasteiger partial charge in [-0.1, -0.05) is 23.5 Å². The highest BCUT2D eigenvalue weighted by Crippen LogP contribution is 2.28. The van der Waals surface area contributed by atoms with E-state index in [2.05, 4.69) is 15.4 Å². The number of benzene rings is 1. The van der Waals surface area contributed by atoms with E-state index in [0.717, 1.165) is 15.8 Å². The number of fused-ring (bicyclic) bond motifs is 1. The summed E-state index contributed by atoms with van der Waals surface area (Å²) in [5, 5.41) is 16.1. The van der Waals surface area contributed by atoms with Gasteiger partial charge in [-0.2, -0.15) is 5.10 Å². The number of carbonyl (C=O) groups excluding carboxylic acids is 1. The molecule has 1 unspecified atom stereocenters. The quantitative estimate of drug-likeness (QED) is 0.766. The van der Waals surface area contributed by atoms with Crippen molar-refractivity contribution in [2.45, 2.75) is 19.9 Å². The fourth-order valence-corrected chi connectivity index (χ4v) is 3.03. The Morgan fingerprint density at radius 2 is 2.17 bits per heavy atom. The average molecular weight is 330 g/mol. The number of rotatable bonds is 4. The Hall–Kier alpha value is -2.74. The Morgan fingerprint density at radius 3 is 2.87 bits per heavy atom. The van der Waals surface area contributed by atoms with Gasteiger partial charge in [0.15, 0.2) is 5.13 Å². The maximum Gasteiger partial charge on any atom is 0.328 e. The number of aryl methyl sites for hydroxylation is 1. The molecule has 0 saturated carbocycles. The number of carbonyl (C=O) groups is 2. The molecule has 3 rings (SSSR count). The Labute approximate surface area is 135 Å². The molecule has 0 saturated heterocycles. The Bertz CT molecular complexity index is 899. The minimum atomic E-state index is -1.01. The lowest BCUT2D eigenvalue weighted by atomic mass is 10.2. The van der Waals surface area contributed by atoms with Crippen molar-refractivity contribution in [2.24, 2.45) is 0 Å². The van der Waals surface area contributed by atoms with Gasteiger partial charge in [-0.15, -0.1) is 0 Å². The van der Waals surface area contributed by atoms with E-state index in [9.17, 15) is 9.59 Å². The summed E-state index contributed by atoms with van der Waals surface area (Å²) in [5.41, 5.74) is 2.19. The molecule has 0 aliphatic rings. The lowest BCUT2D eigenvalue weighted by Crippen LogP contribution is -2.16. The largest absolute Gasteiger partial charge is 0.480 e. The van der Waals surface area contributed by atoms with Crippen molar-refractivity contribution >= 4 is 38.6 Å². The molecule has 1 aromatic carbocycles. The second-order valence-corrected chi connectivity index (χ2v) is 6.15. The van der Waals surface area contributed by atoms with Crippen LogP contribution >= 0.6 is 11.3 Å². The SMILES string of the molecule is Cc1cccc2sc(NC(=O)c3cnn(C(C)C(=O)O)c3)nc12. The molecule has 23 heavy (non-hydrogen) atoms. The van der Waals surface area contributed by atoms with Crippen molar-refractivity contribution in [2.75, 3.05) is 5.32 Å². The summed E-state index contributed by atoms with van der Waals surface area (Å²) in [6, 6.07) is 5.02. The number of nitrogens with zero attached hydrogens (tertiary/aromatic N) is 3. The molecule has 3 aromatic rings. The third-order valence-electron chi connectivity index (χ3n) is 3.46. The number of carboxylic acids is 1. The molecule has 1 amide bonds. The van der Waals surface area contributed by atoms with Crippen LogP contribution in [0, 0.1) is 6.92 Å². The lowest BCUT2D eigenvalue weighted by Gasteiger charge is -2.05. The van der Waals surface area contributed by atoms with Crippen LogP contribution in [-0.4, -0.2) is 31.7 Å². The topological polar surface area (TPSA) is 97.1 Å². The van der Waals surface area contributed by atoms with Gasteiger partial charge in [-0.05, 0) is 25.5 Å². The lowest BCUT2D eigenvalue weighted by molar-refractivity contribution is -0.140. The summed E-state index contributed by atoms with van der Waals surface area (Å²) in [7, 11) is 0. The summed E-state index contributed by atoms with van der Waals surface area (Å²) in [5.74, 6) is -1.38. The van der Waals surface area contributed by atoms with E-state index in [1.54, 1.807) is 0 Å². The van der Waals surface area contributed by atoms with Gasteiger partial charge in [0, 0.05) is 6.20 Å². The molecule has 0 radical (unpaired) electrons. The van der Waals surface area contributed by atoms with Gasteiger partial charge in [0.25, 0.3) is 5.91 Å². The first-order valence-electron chi connectivity index (χ1n) is 6.90. The first kappa shape index (κ1) is 15.2. The van der Waals surface area contributed by atoms with Crippen molar-refractivity contribution in [1.29, 1.82) is 0 Å². The van der Waals surface area contributed by atoms with Crippen LogP contribution in [-0.2, 0) is 4.79 Å². The van der Waals surface area contributed by atoms with E-state index >= 15 is 0 Å². The van der Waals surface area contributed by atoms with Crippen LogP contribution in [0.3, 0.4) is 0 Å². The predicted molar refractivity (Wildman–Crippen MR) is 86.9 cm³/mol. The summed E-state index contributed by atoms with van der Waals surface area (Å²) in [6.07, 6.45) is 2.75. The number of thiazole rings is 1. The average Bonchev–Trinajstić information content (AvgIpc) is 3.13. The monoisotopic (exact) mass is 330 g/mol. The number of hydrogen-bond acceptors (Lipinski definition) is 5. The molecule has 7 nitrogen and oxygen atoms in total. The molecule has 118 valence electrons. The Balaban J connectivity index is 1.81. The van der Waals surface area contributed by atoms with Gasteiger partial charge in [-0.25, -0.2) is 9.78 Å². The van der Waals surface area contributed by atoms with E-state index in [-0.39, 0.29) is 11.5 Å². The normalized spacial score (nSPS) is 12.3. The highest BCUT2D eigenvalue weighted by Gasteiger charge is 2.17. The summed E-state index contributed by atoms with van der Waals surface area (Å²) in [6.45, 7) is 3.46. The minimum Gasteiger partial charge on any atom is -0.480 e. The zero-order valence-corrected chi connectivity index (χ0v) is 13.3. The fraction of sp³-hybridized carbons (Fsp3) is 0.200. The highest BCUT2D eigenvalue weighted by atomic mass is 32.1. The maximum atomic E-state index is 12.2. The van der Waals surface area contributed by atoms with Crippen LogP contribution in [0.15, 0.2) is 30.6 Å². The van der Waals surface area contributed by atoms with E-state index in [4.69, 9.17) is 5.11 Å². The van der Waals surface area contributed by atoms with Gasteiger partial charge in [0.2, 0.25) is 0 Å². The molecule has 0 fully saturated rings. The van der Waals surface area contributed by atoms with Gasteiger partial charge >= 0.3 is 5.97 Å². The second kappa shape index (κ2) is 5.81. The molecule has 2 heterocycles. The molecule has 0 spiro atoms. The van der Waals surface area contributed by atoms with E-state index in [1.165, 1.54) is 35.3 Å². The van der Waals surface area contributed by atoms with Crippen LogP contribution in [0.25, 0.3) is 10.2 Å². The molecular formula is C15H14N4O3S. The zero-order valence-electron chi connectivity index (χ0n) is 12.5.